The van der Waals surface area contributed by atoms with Gasteiger partial charge in [0.15, 0.2) is 0 Å². The van der Waals surface area contributed by atoms with Crippen LogP contribution in [0.5, 0.6) is 0 Å². The van der Waals surface area contributed by atoms with Gasteiger partial charge in [0.05, 0.1) is 12.4 Å². The van der Waals surface area contributed by atoms with E-state index in [1.54, 1.807) is 11.4 Å². The summed E-state index contributed by atoms with van der Waals surface area (Å²) >= 11 is 0. The van der Waals surface area contributed by atoms with E-state index < -0.39 is 10.0 Å². The molecule has 0 amide bonds. The summed E-state index contributed by atoms with van der Waals surface area (Å²) in [6.07, 6.45) is 4.41. The van der Waals surface area contributed by atoms with Crippen LogP contribution < -0.4 is 5.32 Å². The summed E-state index contributed by atoms with van der Waals surface area (Å²) in [4.78, 5) is 0. The van der Waals surface area contributed by atoms with Crippen LogP contribution in [-0.4, -0.2) is 57.9 Å². The van der Waals surface area contributed by atoms with E-state index in [1.807, 2.05) is 0 Å². The predicted octanol–water partition coefficient (Wildman–Crippen LogP) is 0.427. The van der Waals surface area contributed by atoms with E-state index in [1.165, 1.54) is 12.8 Å². The summed E-state index contributed by atoms with van der Waals surface area (Å²) in [5, 5.41) is 3.26. The number of piperidine rings is 1. The molecule has 1 heterocycles. The molecule has 106 valence electrons. The van der Waals surface area contributed by atoms with E-state index in [0.717, 1.165) is 12.8 Å². The minimum absolute atomic E-state index is 0.225. The second kappa shape index (κ2) is 6.32. The van der Waals surface area contributed by atoms with E-state index >= 15 is 0 Å². The molecular weight excluding hydrogens is 252 g/mol. The second-order valence-corrected chi connectivity index (χ2v) is 7.45. The molecule has 2 aliphatic rings. The maximum absolute atomic E-state index is 12.2. The van der Waals surface area contributed by atoms with E-state index in [4.69, 9.17) is 4.74 Å². The number of rotatable bonds is 7. The molecule has 0 aromatic rings. The number of ether oxygens (including phenoxy) is 1. The van der Waals surface area contributed by atoms with Gasteiger partial charge in [0.25, 0.3) is 0 Å². The number of sulfonamides is 1. The summed E-state index contributed by atoms with van der Waals surface area (Å²) in [6.45, 7) is 2.54. The number of methoxy groups -OCH3 is 1. The monoisotopic (exact) mass is 276 g/mol. The van der Waals surface area contributed by atoms with Crippen molar-refractivity contribution in [1.82, 2.24) is 9.62 Å². The van der Waals surface area contributed by atoms with Crippen LogP contribution in [0, 0.1) is 5.92 Å². The molecule has 1 unspecified atom stereocenters. The Morgan fingerprint density at radius 3 is 2.78 bits per heavy atom. The smallest absolute Gasteiger partial charge is 0.215 e. The molecule has 6 heteroatoms. The Morgan fingerprint density at radius 1 is 1.33 bits per heavy atom. The van der Waals surface area contributed by atoms with Crippen LogP contribution in [-0.2, 0) is 14.8 Å². The zero-order chi connectivity index (χ0) is 13.0. The third kappa shape index (κ3) is 4.19. The third-order valence-electron chi connectivity index (χ3n) is 3.65. The van der Waals surface area contributed by atoms with Gasteiger partial charge >= 0.3 is 0 Å². The lowest BCUT2D eigenvalue weighted by molar-refractivity contribution is 0.118. The first-order valence-electron chi connectivity index (χ1n) is 6.82. The average molecular weight is 276 g/mol. The molecule has 0 spiro atoms. The van der Waals surface area contributed by atoms with Gasteiger partial charge in [-0.05, 0) is 31.6 Å². The van der Waals surface area contributed by atoms with Crippen LogP contribution in [0.25, 0.3) is 0 Å². The largest absolute Gasteiger partial charge is 0.384 e. The van der Waals surface area contributed by atoms with Crippen molar-refractivity contribution in [2.24, 2.45) is 5.92 Å². The Hall–Kier alpha value is -0.170. The summed E-state index contributed by atoms with van der Waals surface area (Å²) in [6, 6.07) is 0.572. The molecule has 5 nitrogen and oxygen atoms in total. The van der Waals surface area contributed by atoms with Crippen LogP contribution in [0.3, 0.4) is 0 Å². The minimum Gasteiger partial charge on any atom is -0.384 e. The summed E-state index contributed by atoms with van der Waals surface area (Å²) in [5.41, 5.74) is 0. The molecule has 2 rings (SSSR count). The maximum Gasteiger partial charge on any atom is 0.215 e. The summed E-state index contributed by atoms with van der Waals surface area (Å²) in [7, 11) is -1.41. The Kier molecular flexibility index (Phi) is 5.00. The molecule has 0 aromatic carbocycles. The number of nitrogens with one attached hydrogen (secondary N) is 1. The average Bonchev–Trinajstić information content (AvgIpc) is 3.14. The van der Waals surface area contributed by atoms with E-state index in [9.17, 15) is 8.42 Å². The fourth-order valence-corrected chi connectivity index (χ4v) is 3.94. The van der Waals surface area contributed by atoms with E-state index in [2.05, 4.69) is 5.32 Å². The van der Waals surface area contributed by atoms with Crippen molar-refractivity contribution >= 4 is 10.0 Å². The molecule has 1 aliphatic carbocycles. The fourth-order valence-electron chi connectivity index (χ4n) is 2.46. The van der Waals surface area contributed by atoms with Gasteiger partial charge in [-0.1, -0.05) is 0 Å². The number of hydrogen-bond acceptors (Lipinski definition) is 4. The zero-order valence-corrected chi connectivity index (χ0v) is 11.9. The van der Waals surface area contributed by atoms with Gasteiger partial charge < -0.3 is 10.1 Å². The Bertz CT molecular complexity index is 352. The first-order valence-corrected chi connectivity index (χ1v) is 8.43. The van der Waals surface area contributed by atoms with Crippen molar-refractivity contribution in [3.63, 3.8) is 0 Å². The van der Waals surface area contributed by atoms with Gasteiger partial charge in [0.2, 0.25) is 10.0 Å². The SMILES string of the molecule is COCC1CCCN(S(=O)(=O)CCNC2CC2)C1. The van der Waals surface area contributed by atoms with Gasteiger partial charge in [0, 0.05) is 32.8 Å². The maximum atomic E-state index is 12.2. The molecule has 2 fully saturated rings. The van der Waals surface area contributed by atoms with Gasteiger partial charge in [-0.2, -0.15) is 0 Å². The van der Waals surface area contributed by atoms with E-state index in [-0.39, 0.29) is 5.75 Å². The van der Waals surface area contributed by atoms with Crippen LogP contribution >= 0.6 is 0 Å². The number of hydrogen-bond donors (Lipinski definition) is 1. The molecule has 18 heavy (non-hydrogen) atoms. The van der Waals surface area contributed by atoms with Gasteiger partial charge in [-0.15, -0.1) is 0 Å². The van der Waals surface area contributed by atoms with Gasteiger partial charge in [0.1, 0.15) is 0 Å². The molecule has 1 aliphatic heterocycles. The normalized spacial score (nSPS) is 26.4. The third-order valence-corrected chi connectivity index (χ3v) is 5.49. The van der Waals surface area contributed by atoms with Crippen molar-refractivity contribution in [1.29, 1.82) is 0 Å². The lowest BCUT2D eigenvalue weighted by Gasteiger charge is -2.31. The fraction of sp³-hybridized carbons (Fsp3) is 1.00. The summed E-state index contributed by atoms with van der Waals surface area (Å²) in [5.74, 6) is 0.582. The number of nitrogens with zero attached hydrogens (tertiary/aromatic N) is 1. The highest BCUT2D eigenvalue weighted by Crippen LogP contribution is 2.20. The highest BCUT2D eigenvalue weighted by atomic mass is 32.2. The predicted molar refractivity (Wildman–Crippen MR) is 71.0 cm³/mol. The molecule has 1 N–H and O–H groups in total. The van der Waals surface area contributed by atoms with Crippen molar-refractivity contribution < 1.29 is 13.2 Å². The first-order chi connectivity index (χ1) is 8.62. The highest BCUT2D eigenvalue weighted by molar-refractivity contribution is 7.89. The van der Waals surface area contributed by atoms with Crippen LogP contribution in [0.1, 0.15) is 25.7 Å². The lowest BCUT2D eigenvalue weighted by atomic mass is 10.0. The van der Waals surface area contributed by atoms with Crippen LogP contribution in [0.2, 0.25) is 0 Å². The quantitative estimate of drug-likeness (QED) is 0.732. The molecule has 0 bridgehead atoms. The zero-order valence-electron chi connectivity index (χ0n) is 11.1. The second-order valence-electron chi connectivity index (χ2n) is 5.37. The summed E-state index contributed by atoms with van der Waals surface area (Å²) < 4.78 is 31.1. The van der Waals surface area contributed by atoms with E-state index in [0.29, 0.717) is 38.2 Å². The van der Waals surface area contributed by atoms with Crippen LogP contribution in [0.15, 0.2) is 0 Å². The topological polar surface area (TPSA) is 58.6 Å². The van der Waals surface area contributed by atoms with Crippen molar-refractivity contribution in [3.8, 4) is 0 Å². The van der Waals surface area contributed by atoms with Gasteiger partial charge in [-0.25, -0.2) is 12.7 Å². The Balaban J connectivity index is 1.79. The van der Waals surface area contributed by atoms with Crippen molar-refractivity contribution in [2.45, 2.75) is 31.7 Å². The molecule has 0 aromatic heterocycles. The molecular formula is C12H24N2O3S. The lowest BCUT2D eigenvalue weighted by Crippen LogP contribution is -2.43. The van der Waals surface area contributed by atoms with Crippen molar-refractivity contribution in [3.05, 3.63) is 0 Å². The molecule has 1 atom stereocenters. The van der Waals surface area contributed by atoms with Crippen molar-refractivity contribution in [2.75, 3.05) is 39.1 Å². The van der Waals surface area contributed by atoms with Gasteiger partial charge in [-0.3, -0.25) is 0 Å². The Morgan fingerprint density at radius 2 is 2.11 bits per heavy atom. The standard InChI is InChI=1S/C12H24N2O3S/c1-17-10-11-3-2-7-14(9-11)18(15,16)8-6-13-12-4-5-12/h11-13H,2-10H2,1H3. The Labute approximate surface area is 110 Å². The van der Waals surface area contributed by atoms with Crippen LogP contribution in [0.4, 0.5) is 0 Å². The highest BCUT2D eigenvalue weighted by Gasteiger charge is 2.29. The minimum atomic E-state index is -3.09. The molecule has 1 saturated carbocycles. The molecule has 1 saturated heterocycles. The molecule has 0 radical (unpaired) electrons. The first kappa shape index (κ1) is 14.2.